The van der Waals surface area contributed by atoms with E-state index in [1.54, 1.807) is 0 Å². The maximum absolute atomic E-state index is 11.8. The van der Waals surface area contributed by atoms with E-state index < -0.39 is 9.75 Å². The van der Waals surface area contributed by atoms with Crippen molar-refractivity contribution in [3.8, 4) is 0 Å². The molecule has 0 saturated heterocycles. The van der Waals surface area contributed by atoms with Gasteiger partial charge in [-0.2, -0.15) is 0 Å². The molecule has 0 unspecified atom stereocenters. The molecule has 1 amide bonds. The Bertz CT molecular complexity index is 304. The monoisotopic (exact) mass is 264 g/mol. The number of alkyl halides is 2. The summed E-state index contributed by atoms with van der Waals surface area (Å²) < 4.78 is -0.862. The van der Waals surface area contributed by atoms with E-state index in [1.165, 1.54) is 12.8 Å². The van der Waals surface area contributed by atoms with Crippen LogP contribution in [0.1, 0.15) is 26.2 Å². The number of likely N-dealkylation sites (N-methyl/N-ethyl adjacent to an activating group) is 1. The Hall–Kier alpha value is 0.01000. The van der Waals surface area contributed by atoms with Crippen LogP contribution < -0.4 is 5.32 Å². The van der Waals surface area contributed by atoms with Crippen molar-refractivity contribution in [1.29, 1.82) is 0 Å². The average Bonchev–Trinajstić information content (AvgIpc) is 3.04. The summed E-state index contributed by atoms with van der Waals surface area (Å²) >= 11 is 11.9. The van der Waals surface area contributed by atoms with Crippen molar-refractivity contribution in [3.63, 3.8) is 0 Å². The van der Waals surface area contributed by atoms with Crippen molar-refractivity contribution in [2.24, 2.45) is 5.41 Å². The summed E-state index contributed by atoms with van der Waals surface area (Å²) in [6, 6.07) is 0.730. The first-order valence-electron chi connectivity index (χ1n) is 5.73. The van der Waals surface area contributed by atoms with Crippen LogP contribution in [0.3, 0.4) is 0 Å². The van der Waals surface area contributed by atoms with E-state index in [4.69, 9.17) is 23.2 Å². The maximum atomic E-state index is 11.8. The predicted molar refractivity (Wildman–Crippen MR) is 65.8 cm³/mol. The Morgan fingerprint density at radius 1 is 1.50 bits per heavy atom. The largest absolute Gasteiger partial charge is 0.354 e. The highest BCUT2D eigenvalue weighted by Crippen LogP contribution is 2.63. The SMILES string of the molecule is CN(CCNC(=O)[C@@]1(C)CC1(Cl)Cl)C1CC1. The van der Waals surface area contributed by atoms with Crippen molar-refractivity contribution in [3.05, 3.63) is 0 Å². The molecule has 0 aliphatic heterocycles. The lowest BCUT2D eigenvalue weighted by Gasteiger charge is -2.17. The minimum Gasteiger partial charge on any atom is -0.354 e. The zero-order chi connectivity index (χ0) is 12.0. The van der Waals surface area contributed by atoms with E-state index in [1.807, 2.05) is 6.92 Å². The van der Waals surface area contributed by atoms with Gasteiger partial charge in [0.25, 0.3) is 0 Å². The summed E-state index contributed by atoms with van der Waals surface area (Å²) in [5.74, 6) is -0.0262. The molecule has 0 aromatic carbocycles. The quantitative estimate of drug-likeness (QED) is 0.768. The third kappa shape index (κ3) is 2.31. The Kier molecular flexibility index (Phi) is 3.15. The van der Waals surface area contributed by atoms with Gasteiger partial charge in [0, 0.05) is 19.1 Å². The van der Waals surface area contributed by atoms with Gasteiger partial charge in [-0.1, -0.05) is 0 Å². The molecule has 16 heavy (non-hydrogen) atoms. The molecule has 1 atom stereocenters. The van der Waals surface area contributed by atoms with E-state index in [2.05, 4.69) is 17.3 Å². The van der Waals surface area contributed by atoms with Crippen molar-refractivity contribution >= 4 is 29.1 Å². The van der Waals surface area contributed by atoms with E-state index in [0.717, 1.165) is 12.6 Å². The summed E-state index contributed by atoms with van der Waals surface area (Å²) in [7, 11) is 2.09. The lowest BCUT2D eigenvalue weighted by Crippen LogP contribution is -2.38. The molecule has 1 N–H and O–H groups in total. The van der Waals surface area contributed by atoms with Crippen molar-refractivity contribution in [1.82, 2.24) is 10.2 Å². The van der Waals surface area contributed by atoms with Gasteiger partial charge in [0.05, 0.1) is 5.41 Å². The second-order valence-electron chi connectivity index (χ2n) is 5.18. The Balaban J connectivity index is 1.68. The number of halogens is 2. The van der Waals surface area contributed by atoms with Crippen LogP contribution in [0.5, 0.6) is 0 Å². The highest BCUT2D eigenvalue weighted by atomic mass is 35.5. The summed E-state index contributed by atoms with van der Waals surface area (Å²) in [5, 5.41) is 2.90. The van der Waals surface area contributed by atoms with Crippen molar-refractivity contribution in [2.45, 2.75) is 36.6 Å². The standard InChI is InChI=1S/C11H18Cl2N2O/c1-10(7-11(10,12)13)9(16)14-5-6-15(2)8-3-4-8/h8H,3-7H2,1-2H3,(H,14,16)/t10-/m1/s1. The fraction of sp³-hybridized carbons (Fsp3) is 0.909. The van der Waals surface area contributed by atoms with Gasteiger partial charge < -0.3 is 10.2 Å². The zero-order valence-electron chi connectivity index (χ0n) is 9.72. The fourth-order valence-corrected chi connectivity index (χ4v) is 2.59. The first-order chi connectivity index (χ1) is 7.37. The molecule has 2 aliphatic rings. The molecule has 2 saturated carbocycles. The molecule has 3 nitrogen and oxygen atoms in total. The first-order valence-corrected chi connectivity index (χ1v) is 6.49. The predicted octanol–water partition coefficient (Wildman–Crippen LogP) is 1.78. The van der Waals surface area contributed by atoms with E-state index in [-0.39, 0.29) is 5.91 Å². The lowest BCUT2D eigenvalue weighted by atomic mass is 10.1. The zero-order valence-corrected chi connectivity index (χ0v) is 11.2. The molecular formula is C11H18Cl2N2O. The van der Waals surface area contributed by atoms with Gasteiger partial charge in [-0.25, -0.2) is 0 Å². The number of hydrogen-bond donors (Lipinski definition) is 1. The fourth-order valence-electron chi connectivity index (χ4n) is 1.88. The van der Waals surface area contributed by atoms with Crippen LogP contribution in [-0.4, -0.2) is 41.3 Å². The van der Waals surface area contributed by atoms with Crippen LogP contribution in [0.4, 0.5) is 0 Å². The molecule has 2 aliphatic carbocycles. The number of rotatable bonds is 5. The normalized spacial score (nSPS) is 31.6. The molecular weight excluding hydrogens is 247 g/mol. The summed E-state index contributed by atoms with van der Waals surface area (Å²) in [5.41, 5.74) is -0.589. The first kappa shape index (κ1) is 12.5. The van der Waals surface area contributed by atoms with Crippen LogP contribution in [0.25, 0.3) is 0 Å². The summed E-state index contributed by atoms with van der Waals surface area (Å²) in [6.07, 6.45) is 3.12. The molecule has 2 rings (SSSR count). The van der Waals surface area contributed by atoms with Gasteiger partial charge in [0.15, 0.2) is 0 Å². The molecule has 0 bridgehead atoms. The number of amides is 1. The number of nitrogens with one attached hydrogen (secondary N) is 1. The third-order valence-electron chi connectivity index (χ3n) is 3.68. The number of nitrogens with zero attached hydrogens (tertiary/aromatic N) is 1. The summed E-state index contributed by atoms with van der Waals surface area (Å²) in [4.78, 5) is 14.1. The number of carbonyl (C=O) groups is 1. The highest BCUT2D eigenvalue weighted by Gasteiger charge is 2.67. The molecule has 0 heterocycles. The molecule has 2 fully saturated rings. The van der Waals surface area contributed by atoms with Crippen LogP contribution in [0.15, 0.2) is 0 Å². The second-order valence-corrected chi connectivity index (χ2v) is 6.66. The smallest absolute Gasteiger partial charge is 0.229 e. The van der Waals surface area contributed by atoms with E-state index >= 15 is 0 Å². The molecule has 5 heteroatoms. The van der Waals surface area contributed by atoms with E-state index in [0.29, 0.717) is 13.0 Å². The summed E-state index contributed by atoms with van der Waals surface area (Å²) in [6.45, 7) is 3.38. The van der Waals surface area contributed by atoms with Gasteiger partial charge in [0.2, 0.25) is 5.91 Å². The maximum Gasteiger partial charge on any atom is 0.229 e. The van der Waals surface area contributed by atoms with Crippen molar-refractivity contribution < 1.29 is 4.79 Å². The minimum absolute atomic E-state index is 0.0262. The van der Waals surface area contributed by atoms with Gasteiger partial charge >= 0.3 is 0 Å². The van der Waals surface area contributed by atoms with Gasteiger partial charge in [-0.05, 0) is 33.2 Å². The lowest BCUT2D eigenvalue weighted by molar-refractivity contribution is -0.125. The van der Waals surface area contributed by atoms with Crippen molar-refractivity contribution in [2.75, 3.05) is 20.1 Å². The van der Waals surface area contributed by atoms with Crippen LogP contribution in [-0.2, 0) is 4.79 Å². The highest BCUT2D eigenvalue weighted by molar-refractivity contribution is 6.53. The average molecular weight is 265 g/mol. The number of hydrogen-bond acceptors (Lipinski definition) is 2. The Labute approximate surface area is 106 Å². The molecule has 0 spiro atoms. The molecule has 92 valence electrons. The minimum atomic E-state index is -0.862. The van der Waals surface area contributed by atoms with Crippen LogP contribution in [0.2, 0.25) is 0 Å². The van der Waals surface area contributed by atoms with Gasteiger partial charge in [-0.15, -0.1) is 23.2 Å². The molecule has 0 radical (unpaired) electrons. The Morgan fingerprint density at radius 3 is 2.50 bits per heavy atom. The van der Waals surface area contributed by atoms with E-state index in [9.17, 15) is 4.79 Å². The van der Waals surface area contributed by atoms with Gasteiger partial charge in [-0.3, -0.25) is 4.79 Å². The number of carbonyl (C=O) groups excluding carboxylic acids is 1. The molecule has 0 aromatic heterocycles. The van der Waals surface area contributed by atoms with Crippen LogP contribution in [0, 0.1) is 5.41 Å². The molecule has 0 aromatic rings. The Morgan fingerprint density at radius 2 is 2.06 bits per heavy atom. The van der Waals surface area contributed by atoms with Crippen LogP contribution >= 0.6 is 23.2 Å². The topological polar surface area (TPSA) is 32.3 Å². The van der Waals surface area contributed by atoms with Gasteiger partial charge in [0.1, 0.15) is 4.33 Å². The third-order valence-corrected chi connectivity index (χ3v) is 4.78. The second kappa shape index (κ2) is 4.04.